The van der Waals surface area contributed by atoms with Gasteiger partial charge in [-0.2, -0.15) is 0 Å². The van der Waals surface area contributed by atoms with Crippen molar-refractivity contribution < 1.29 is 4.74 Å². The molecule has 0 atom stereocenters. The Bertz CT molecular complexity index is 429. The zero-order valence-corrected chi connectivity index (χ0v) is 8.55. The Hall–Kier alpha value is -1.90. The number of rotatable bonds is 3. The lowest BCUT2D eigenvalue weighted by Crippen LogP contribution is -1.94. The molecule has 2 aromatic heterocycles. The van der Waals surface area contributed by atoms with Gasteiger partial charge in [0, 0.05) is 24.2 Å². The number of pyridine rings is 2. The standard InChI is InChI=1S/C12H12N2O/c1-2-15-12-9-14-8-5-11(12)10-3-6-13-7-4-10/h3-9H,2H2,1H3. The third kappa shape index (κ3) is 2.13. The lowest BCUT2D eigenvalue weighted by molar-refractivity contribution is 0.340. The topological polar surface area (TPSA) is 35.0 Å². The fraction of sp³-hybridized carbons (Fsp3) is 0.167. The molecule has 0 aliphatic rings. The van der Waals surface area contributed by atoms with E-state index < -0.39 is 0 Å². The molecule has 0 saturated heterocycles. The smallest absolute Gasteiger partial charge is 0.145 e. The van der Waals surface area contributed by atoms with Gasteiger partial charge in [0.2, 0.25) is 0 Å². The molecule has 15 heavy (non-hydrogen) atoms. The zero-order valence-electron chi connectivity index (χ0n) is 8.55. The van der Waals surface area contributed by atoms with Crippen molar-refractivity contribution in [2.24, 2.45) is 0 Å². The lowest BCUT2D eigenvalue weighted by atomic mass is 10.1. The molecule has 2 heterocycles. The molecule has 0 spiro atoms. The van der Waals surface area contributed by atoms with Crippen molar-refractivity contribution in [3.63, 3.8) is 0 Å². The van der Waals surface area contributed by atoms with E-state index in [1.807, 2.05) is 25.1 Å². The summed E-state index contributed by atoms with van der Waals surface area (Å²) in [5, 5.41) is 0. The largest absolute Gasteiger partial charge is 0.492 e. The summed E-state index contributed by atoms with van der Waals surface area (Å²) in [4.78, 5) is 8.04. The first-order valence-corrected chi connectivity index (χ1v) is 4.89. The van der Waals surface area contributed by atoms with Gasteiger partial charge in [-0.15, -0.1) is 0 Å². The fourth-order valence-corrected chi connectivity index (χ4v) is 1.42. The Kier molecular flexibility index (Phi) is 2.93. The summed E-state index contributed by atoms with van der Waals surface area (Å²) in [6.07, 6.45) is 7.04. The summed E-state index contributed by atoms with van der Waals surface area (Å²) in [6, 6.07) is 5.86. The minimum Gasteiger partial charge on any atom is -0.492 e. The first-order chi connectivity index (χ1) is 7.42. The van der Waals surface area contributed by atoms with Crippen LogP contribution in [0.2, 0.25) is 0 Å². The van der Waals surface area contributed by atoms with Gasteiger partial charge in [0.15, 0.2) is 0 Å². The van der Waals surface area contributed by atoms with Gasteiger partial charge in [-0.05, 0) is 30.7 Å². The molecule has 0 aliphatic carbocycles. The minimum absolute atomic E-state index is 0.643. The van der Waals surface area contributed by atoms with Gasteiger partial charge in [-0.25, -0.2) is 0 Å². The van der Waals surface area contributed by atoms with Crippen LogP contribution in [-0.2, 0) is 0 Å². The normalized spacial score (nSPS) is 9.93. The number of hydrogen-bond acceptors (Lipinski definition) is 3. The summed E-state index contributed by atoms with van der Waals surface area (Å²) in [7, 11) is 0. The summed E-state index contributed by atoms with van der Waals surface area (Å²) >= 11 is 0. The molecule has 0 unspecified atom stereocenters. The molecule has 0 aromatic carbocycles. The van der Waals surface area contributed by atoms with Crippen LogP contribution in [0.4, 0.5) is 0 Å². The SMILES string of the molecule is CCOc1cnccc1-c1ccncc1. The van der Waals surface area contributed by atoms with E-state index in [9.17, 15) is 0 Å². The first kappa shape index (κ1) is 9.65. The summed E-state index contributed by atoms with van der Waals surface area (Å²) in [5.41, 5.74) is 2.14. The highest BCUT2D eigenvalue weighted by molar-refractivity contribution is 5.68. The average molecular weight is 200 g/mol. The van der Waals surface area contributed by atoms with Crippen LogP contribution in [-0.4, -0.2) is 16.6 Å². The summed E-state index contributed by atoms with van der Waals surface area (Å²) in [6.45, 7) is 2.60. The maximum atomic E-state index is 5.51. The predicted octanol–water partition coefficient (Wildman–Crippen LogP) is 2.54. The molecule has 2 rings (SSSR count). The fourth-order valence-electron chi connectivity index (χ4n) is 1.42. The molecule has 3 nitrogen and oxygen atoms in total. The van der Waals surface area contributed by atoms with E-state index in [1.165, 1.54) is 0 Å². The third-order valence-electron chi connectivity index (χ3n) is 2.08. The highest BCUT2D eigenvalue weighted by Crippen LogP contribution is 2.27. The maximum absolute atomic E-state index is 5.51. The molecule has 0 amide bonds. The molecule has 2 aromatic rings. The van der Waals surface area contributed by atoms with Crippen LogP contribution >= 0.6 is 0 Å². The van der Waals surface area contributed by atoms with Crippen molar-refractivity contribution in [2.45, 2.75) is 6.92 Å². The van der Waals surface area contributed by atoms with Crippen molar-refractivity contribution in [1.82, 2.24) is 9.97 Å². The molecular formula is C12H12N2O. The van der Waals surface area contributed by atoms with Crippen molar-refractivity contribution in [3.05, 3.63) is 43.0 Å². The zero-order chi connectivity index (χ0) is 10.5. The van der Waals surface area contributed by atoms with Crippen molar-refractivity contribution >= 4 is 0 Å². The molecular weight excluding hydrogens is 188 g/mol. The van der Waals surface area contributed by atoms with E-state index in [-0.39, 0.29) is 0 Å². The van der Waals surface area contributed by atoms with Crippen molar-refractivity contribution in [1.29, 1.82) is 0 Å². The van der Waals surface area contributed by atoms with E-state index in [1.54, 1.807) is 24.8 Å². The summed E-state index contributed by atoms with van der Waals surface area (Å²) < 4.78 is 5.51. The first-order valence-electron chi connectivity index (χ1n) is 4.89. The van der Waals surface area contributed by atoms with E-state index in [0.29, 0.717) is 6.61 Å². The van der Waals surface area contributed by atoms with E-state index in [0.717, 1.165) is 16.9 Å². The van der Waals surface area contributed by atoms with Crippen LogP contribution in [0.5, 0.6) is 5.75 Å². The molecule has 3 heteroatoms. The van der Waals surface area contributed by atoms with Crippen LogP contribution in [0.25, 0.3) is 11.1 Å². The Labute approximate surface area is 88.8 Å². The van der Waals surface area contributed by atoms with Gasteiger partial charge in [-0.1, -0.05) is 0 Å². The van der Waals surface area contributed by atoms with Crippen LogP contribution in [0.15, 0.2) is 43.0 Å². The molecule has 0 saturated carbocycles. The van der Waals surface area contributed by atoms with E-state index >= 15 is 0 Å². The maximum Gasteiger partial charge on any atom is 0.145 e. The Balaban J connectivity index is 2.43. The van der Waals surface area contributed by atoms with Gasteiger partial charge < -0.3 is 4.74 Å². The second-order valence-corrected chi connectivity index (χ2v) is 3.04. The Morgan fingerprint density at radius 2 is 1.80 bits per heavy atom. The molecule has 0 aliphatic heterocycles. The molecule has 0 fully saturated rings. The molecule has 76 valence electrons. The second kappa shape index (κ2) is 4.55. The third-order valence-corrected chi connectivity index (χ3v) is 2.08. The van der Waals surface area contributed by atoms with E-state index in [4.69, 9.17) is 4.74 Å². The summed E-state index contributed by atoms with van der Waals surface area (Å²) in [5.74, 6) is 0.811. The van der Waals surface area contributed by atoms with Gasteiger partial charge in [0.1, 0.15) is 5.75 Å². The molecule has 0 bridgehead atoms. The number of nitrogens with zero attached hydrogens (tertiary/aromatic N) is 2. The Morgan fingerprint density at radius 1 is 1.07 bits per heavy atom. The Morgan fingerprint density at radius 3 is 2.53 bits per heavy atom. The van der Waals surface area contributed by atoms with Crippen molar-refractivity contribution in [2.75, 3.05) is 6.61 Å². The molecule has 0 radical (unpaired) electrons. The van der Waals surface area contributed by atoms with Gasteiger partial charge >= 0.3 is 0 Å². The monoisotopic (exact) mass is 200 g/mol. The minimum atomic E-state index is 0.643. The number of aromatic nitrogens is 2. The average Bonchev–Trinajstić information content (AvgIpc) is 2.31. The van der Waals surface area contributed by atoms with Gasteiger partial charge in [0.25, 0.3) is 0 Å². The number of ether oxygens (including phenoxy) is 1. The van der Waals surface area contributed by atoms with Gasteiger partial charge in [0.05, 0.1) is 12.8 Å². The second-order valence-electron chi connectivity index (χ2n) is 3.04. The predicted molar refractivity (Wildman–Crippen MR) is 58.6 cm³/mol. The van der Waals surface area contributed by atoms with Gasteiger partial charge in [-0.3, -0.25) is 9.97 Å². The lowest BCUT2D eigenvalue weighted by Gasteiger charge is -2.08. The van der Waals surface area contributed by atoms with E-state index in [2.05, 4.69) is 9.97 Å². The quantitative estimate of drug-likeness (QED) is 0.763. The highest BCUT2D eigenvalue weighted by Gasteiger charge is 2.04. The van der Waals surface area contributed by atoms with Crippen LogP contribution < -0.4 is 4.74 Å². The van der Waals surface area contributed by atoms with Crippen molar-refractivity contribution in [3.8, 4) is 16.9 Å². The van der Waals surface area contributed by atoms with Crippen LogP contribution in [0.1, 0.15) is 6.92 Å². The number of hydrogen-bond donors (Lipinski definition) is 0. The van der Waals surface area contributed by atoms with Crippen LogP contribution in [0.3, 0.4) is 0 Å². The van der Waals surface area contributed by atoms with Crippen LogP contribution in [0, 0.1) is 0 Å². The molecule has 0 N–H and O–H groups in total. The highest BCUT2D eigenvalue weighted by atomic mass is 16.5.